The van der Waals surface area contributed by atoms with Crippen LogP contribution in [0, 0.1) is 5.92 Å². The SMILES string of the molecule is CC(=O)c1ccc(OCCCC(=O)N[C@@H](C(=O)O)C(C)C)cc1. The summed E-state index contributed by atoms with van der Waals surface area (Å²) in [6.07, 6.45) is 0.673. The molecule has 1 aromatic carbocycles. The Labute approximate surface area is 135 Å². The minimum Gasteiger partial charge on any atom is -0.494 e. The lowest BCUT2D eigenvalue weighted by atomic mass is 10.0. The van der Waals surface area contributed by atoms with Gasteiger partial charge in [-0.05, 0) is 43.5 Å². The third-order valence-electron chi connectivity index (χ3n) is 3.33. The number of hydrogen-bond donors (Lipinski definition) is 2. The Balaban J connectivity index is 2.32. The van der Waals surface area contributed by atoms with Crippen molar-refractivity contribution in [3.63, 3.8) is 0 Å². The quantitative estimate of drug-likeness (QED) is 0.537. The van der Waals surface area contributed by atoms with Crippen LogP contribution in [0.25, 0.3) is 0 Å². The van der Waals surface area contributed by atoms with Crippen LogP contribution in [-0.2, 0) is 9.59 Å². The molecule has 0 radical (unpaired) electrons. The van der Waals surface area contributed by atoms with Gasteiger partial charge in [-0.2, -0.15) is 0 Å². The van der Waals surface area contributed by atoms with Gasteiger partial charge in [0, 0.05) is 12.0 Å². The summed E-state index contributed by atoms with van der Waals surface area (Å²) in [6, 6.07) is 5.91. The van der Waals surface area contributed by atoms with Crippen molar-refractivity contribution in [3.05, 3.63) is 29.8 Å². The maximum absolute atomic E-state index is 11.7. The van der Waals surface area contributed by atoms with Crippen molar-refractivity contribution >= 4 is 17.7 Å². The number of carbonyl (C=O) groups is 3. The van der Waals surface area contributed by atoms with Crippen molar-refractivity contribution in [3.8, 4) is 5.75 Å². The lowest BCUT2D eigenvalue weighted by Gasteiger charge is -2.17. The van der Waals surface area contributed by atoms with Gasteiger partial charge in [0.1, 0.15) is 11.8 Å². The summed E-state index contributed by atoms with van der Waals surface area (Å²) in [5, 5.41) is 11.5. The van der Waals surface area contributed by atoms with Crippen LogP contribution in [0.15, 0.2) is 24.3 Å². The topological polar surface area (TPSA) is 92.7 Å². The maximum Gasteiger partial charge on any atom is 0.326 e. The number of amides is 1. The molecule has 1 amide bonds. The van der Waals surface area contributed by atoms with Crippen LogP contribution < -0.4 is 10.1 Å². The zero-order valence-electron chi connectivity index (χ0n) is 13.7. The third-order valence-corrected chi connectivity index (χ3v) is 3.33. The van der Waals surface area contributed by atoms with E-state index in [1.807, 2.05) is 0 Å². The third kappa shape index (κ3) is 6.50. The highest BCUT2D eigenvalue weighted by Gasteiger charge is 2.22. The summed E-state index contributed by atoms with van der Waals surface area (Å²) >= 11 is 0. The first kappa shape index (κ1) is 18.7. The first-order valence-electron chi connectivity index (χ1n) is 7.57. The molecule has 0 fully saturated rings. The number of Topliss-reactive ketones (excluding diaryl/α,β-unsaturated/α-hetero) is 1. The van der Waals surface area contributed by atoms with Crippen LogP contribution in [0.1, 0.15) is 44.0 Å². The zero-order chi connectivity index (χ0) is 17.4. The van der Waals surface area contributed by atoms with E-state index in [1.54, 1.807) is 38.1 Å². The number of carboxylic acid groups (broad SMARTS) is 1. The zero-order valence-corrected chi connectivity index (χ0v) is 13.7. The summed E-state index contributed by atoms with van der Waals surface area (Å²) in [4.78, 5) is 33.9. The highest BCUT2D eigenvalue weighted by Crippen LogP contribution is 2.13. The molecule has 0 saturated carbocycles. The Morgan fingerprint density at radius 3 is 2.26 bits per heavy atom. The van der Waals surface area contributed by atoms with E-state index in [9.17, 15) is 14.4 Å². The van der Waals surface area contributed by atoms with Gasteiger partial charge in [-0.1, -0.05) is 13.8 Å². The van der Waals surface area contributed by atoms with Gasteiger partial charge in [0.15, 0.2) is 5.78 Å². The molecule has 0 aliphatic rings. The smallest absolute Gasteiger partial charge is 0.326 e. The van der Waals surface area contributed by atoms with Crippen LogP contribution in [0.2, 0.25) is 0 Å². The Morgan fingerprint density at radius 2 is 1.78 bits per heavy atom. The molecule has 0 saturated heterocycles. The summed E-state index contributed by atoms with van der Waals surface area (Å²) in [5.41, 5.74) is 0.616. The van der Waals surface area contributed by atoms with Gasteiger partial charge in [-0.15, -0.1) is 0 Å². The van der Waals surface area contributed by atoms with Gasteiger partial charge < -0.3 is 15.2 Å². The highest BCUT2D eigenvalue weighted by molar-refractivity contribution is 5.94. The van der Waals surface area contributed by atoms with Crippen LogP contribution >= 0.6 is 0 Å². The molecule has 1 atom stereocenters. The van der Waals surface area contributed by atoms with Gasteiger partial charge in [-0.25, -0.2) is 4.79 Å². The fraction of sp³-hybridized carbons (Fsp3) is 0.471. The van der Waals surface area contributed by atoms with Gasteiger partial charge in [0.05, 0.1) is 6.61 Å². The maximum atomic E-state index is 11.7. The summed E-state index contributed by atoms with van der Waals surface area (Å²) in [7, 11) is 0. The number of nitrogens with one attached hydrogen (secondary N) is 1. The first-order chi connectivity index (χ1) is 10.8. The number of hydrogen-bond acceptors (Lipinski definition) is 4. The molecule has 0 unspecified atom stereocenters. The second-order valence-corrected chi connectivity index (χ2v) is 5.66. The predicted molar refractivity (Wildman–Crippen MR) is 85.6 cm³/mol. The van der Waals surface area contributed by atoms with Crippen LogP contribution in [0.3, 0.4) is 0 Å². The van der Waals surface area contributed by atoms with Crippen molar-refractivity contribution < 1.29 is 24.2 Å². The normalized spacial score (nSPS) is 11.8. The molecular formula is C17H23NO5. The first-order valence-corrected chi connectivity index (χ1v) is 7.57. The van der Waals surface area contributed by atoms with E-state index in [0.717, 1.165) is 0 Å². The Hall–Kier alpha value is -2.37. The number of ketones is 1. The summed E-state index contributed by atoms with van der Waals surface area (Å²) in [5.74, 6) is -0.892. The molecule has 0 heterocycles. The van der Waals surface area contributed by atoms with Crippen molar-refractivity contribution in [2.24, 2.45) is 5.92 Å². The van der Waals surface area contributed by atoms with Gasteiger partial charge >= 0.3 is 5.97 Å². The Bertz CT molecular complexity index is 551. The van der Waals surface area contributed by atoms with E-state index >= 15 is 0 Å². The van der Waals surface area contributed by atoms with Crippen molar-refractivity contribution in [1.29, 1.82) is 0 Å². The molecule has 0 spiro atoms. The van der Waals surface area contributed by atoms with Crippen molar-refractivity contribution in [1.82, 2.24) is 5.32 Å². The van der Waals surface area contributed by atoms with Crippen LogP contribution in [-0.4, -0.2) is 35.4 Å². The van der Waals surface area contributed by atoms with E-state index in [0.29, 0.717) is 24.3 Å². The van der Waals surface area contributed by atoms with E-state index < -0.39 is 12.0 Å². The number of benzene rings is 1. The standard InChI is InChI=1S/C17H23NO5/c1-11(2)16(17(21)22)18-15(20)5-4-10-23-14-8-6-13(7-9-14)12(3)19/h6-9,11,16H,4-5,10H2,1-3H3,(H,18,20)(H,21,22)/t16-/m1/s1. The minimum atomic E-state index is -1.03. The fourth-order valence-electron chi connectivity index (χ4n) is 1.97. The number of carboxylic acids is 1. The molecule has 2 N–H and O–H groups in total. The van der Waals surface area contributed by atoms with Crippen molar-refractivity contribution in [2.75, 3.05) is 6.61 Å². The predicted octanol–water partition coefficient (Wildman–Crippen LogP) is 2.27. The minimum absolute atomic E-state index is 0.00800. The number of rotatable bonds is 9. The highest BCUT2D eigenvalue weighted by atomic mass is 16.5. The number of carbonyl (C=O) groups excluding carboxylic acids is 2. The molecule has 1 aromatic rings. The fourth-order valence-corrected chi connectivity index (χ4v) is 1.97. The molecule has 126 valence electrons. The average molecular weight is 321 g/mol. The molecule has 0 aliphatic heterocycles. The molecule has 6 heteroatoms. The van der Waals surface area contributed by atoms with E-state index in [1.165, 1.54) is 6.92 Å². The second kappa shape index (κ2) is 8.92. The average Bonchev–Trinajstić information content (AvgIpc) is 2.49. The van der Waals surface area contributed by atoms with Gasteiger partial charge in [0.2, 0.25) is 5.91 Å². The summed E-state index contributed by atoms with van der Waals surface area (Å²) < 4.78 is 5.48. The lowest BCUT2D eigenvalue weighted by molar-refractivity contribution is -0.143. The largest absolute Gasteiger partial charge is 0.494 e. The molecule has 0 aromatic heterocycles. The Kier molecular flexibility index (Phi) is 7.25. The summed E-state index contributed by atoms with van der Waals surface area (Å²) in [6.45, 7) is 5.32. The van der Waals surface area contributed by atoms with Gasteiger partial charge in [-0.3, -0.25) is 9.59 Å². The van der Waals surface area contributed by atoms with E-state index in [2.05, 4.69) is 5.32 Å². The molecule has 23 heavy (non-hydrogen) atoms. The van der Waals surface area contributed by atoms with Crippen LogP contribution in [0.5, 0.6) is 5.75 Å². The second-order valence-electron chi connectivity index (χ2n) is 5.66. The molecule has 6 nitrogen and oxygen atoms in total. The van der Waals surface area contributed by atoms with Crippen LogP contribution in [0.4, 0.5) is 0 Å². The number of ether oxygens (including phenoxy) is 1. The molecular weight excluding hydrogens is 298 g/mol. The van der Waals surface area contributed by atoms with E-state index in [-0.39, 0.29) is 24.0 Å². The van der Waals surface area contributed by atoms with Crippen molar-refractivity contribution in [2.45, 2.75) is 39.7 Å². The lowest BCUT2D eigenvalue weighted by Crippen LogP contribution is -2.44. The monoisotopic (exact) mass is 321 g/mol. The van der Waals surface area contributed by atoms with E-state index in [4.69, 9.17) is 9.84 Å². The molecule has 0 bridgehead atoms. The molecule has 1 rings (SSSR count). The Morgan fingerprint density at radius 1 is 1.17 bits per heavy atom. The number of aliphatic carboxylic acids is 1. The molecule has 0 aliphatic carbocycles. The van der Waals surface area contributed by atoms with Gasteiger partial charge in [0.25, 0.3) is 0 Å².